The molecule has 0 unspecified atom stereocenters. The van der Waals surface area contributed by atoms with Gasteiger partial charge in [0.2, 0.25) is 0 Å². The molecule has 0 aromatic heterocycles. The van der Waals surface area contributed by atoms with Crippen LogP contribution in [0, 0.1) is 6.92 Å². The van der Waals surface area contributed by atoms with Gasteiger partial charge in [0.25, 0.3) is 10.0 Å². The molecule has 0 radical (unpaired) electrons. The van der Waals surface area contributed by atoms with E-state index in [0.717, 1.165) is 16.9 Å². The van der Waals surface area contributed by atoms with Crippen molar-refractivity contribution in [3.05, 3.63) is 59.2 Å². The molecule has 2 aromatic rings. The molecule has 0 aliphatic rings. The maximum atomic E-state index is 12.6. The van der Waals surface area contributed by atoms with E-state index >= 15 is 0 Å². The molecule has 0 aliphatic carbocycles. The molecule has 0 aliphatic heterocycles. The van der Waals surface area contributed by atoms with Gasteiger partial charge in [0, 0.05) is 0 Å². The predicted molar refractivity (Wildman–Crippen MR) is 101 cm³/mol. The van der Waals surface area contributed by atoms with E-state index in [1.165, 1.54) is 6.21 Å². The highest BCUT2D eigenvalue weighted by atomic mass is 32.2. The highest BCUT2D eigenvalue weighted by Gasteiger charge is 2.20. The first kappa shape index (κ1) is 19.0. The van der Waals surface area contributed by atoms with Crippen LogP contribution in [-0.2, 0) is 15.4 Å². The van der Waals surface area contributed by atoms with Crippen LogP contribution in [-0.4, -0.2) is 21.7 Å². The van der Waals surface area contributed by atoms with Crippen LogP contribution in [0.4, 0.5) is 0 Å². The number of methoxy groups -OCH3 is 1. The zero-order chi connectivity index (χ0) is 18.7. The normalized spacial score (nSPS) is 12.4. The Bertz CT molecular complexity index is 865. The lowest BCUT2D eigenvalue weighted by Crippen LogP contribution is -2.21. The van der Waals surface area contributed by atoms with Crippen LogP contribution in [0.15, 0.2) is 52.5 Å². The third-order valence-corrected chi connectivity index (χ3v) is 5.21. The van der Waals surface area contributed by atoms with Crippen LogP contribution < -0.4 is 9.57 Å². The zero-order valence-corrected chi connectivity index (χ0v) is 16.0. The SMILES string of the molecule is COc1ccc(/C=N/NS(=O)(=O)c2cc(C(C)(C)C)ccc2C)cc1. The molecule has 134 valence electrons. The molecule has 0 saturated carbocycles. The first-order valence-corrected chi connectivity index (χ1v) is 9.42. The second-order valence-corrected chi connectivity index (χ2v) is 8.49. The number of hydrogen-bond acceptors (Lipinski definition) is 4. The first-order chi connectivity index (χ1) is 11.6. The minimum absolute atomic E-state index is 0.135. The molecule has 0 atom stereocenters. The molecule has 0 saturated heterocycles. The van der Waals surface area contributed by atoms with Crippen molar-refractivity contribution in [3.63, 3.8) is 0 Å². The third kappa shape index (κ3) is 4.82. The van der Waals surface area contributed by atoms with E-state index in [1.807, 2.05) is 32.9 Å². The van der Waals surface area contributed by atoms with Crippen molar-refractivity contribution >= 4 is 16.2 Å². The van der Waals surface area contributed by atoms with Gasteiger partial charge in [-0.2, -0.15) is 13.5 Å². The van der Waals surface area contributed by atoms with Crippen molar-refractivity contribution in [2.45, 2.75) is 38.0 Å². The van der Waals surface area contributed by atoms with Gasteiger partial charge in [0.1, 0.15) is 5.75 Å². The van der Waals surface area contributed by atoms with Gasteiger partial charge in [0.05, 0.1) is 18.2 Å². The van der Waals surface area contributed by atoms with Crippen LogP contribution >= 0.6 is 0 Å². The van der Waals surface area contributed by atoms with Crippen molar-refractivity contribution in [3.8, 4) is 5.75 Å². The molecule has 0 spiro atoms. The predicted octanol–water partition coefficient (Wildman–Crippen LogP) is 3.61. The molecule has 5 nitrogen and oxygen atoms in total. The van der Waals surface area contributed by atoms with Crippen molar-refractivity contribution in [1.82, 2.24) is 4.83 Å². The highest BCUT2D eigenvalue weighted by molar-refractivity contribution is 7.89. The smallest absolute Gasteiger partial charge is 0.276 e. The van der Waals surface area contributed by atoms with Crippen LogP contribution in [0.2, 0.25) is 0 Å². The Morgan fingerprint density at radius 1 is 1.08 bits per heavy atom. The molecule has 0 heterocycles. The Morgan fingerprint density at radius 2 is 1.72 bits per heavy atom. The number of hydrogen-bond donors (Lipinski definition) is 1. The Kier molecular flexibility index (Phi) is 5.52. The summed E-state index contributed by atoms with van der Waals surface area (Å²) in [5.74, 6) is 0.729. The summed E-state index contributed by atoms with van der Waals surface area (Å²) < 4.78 is 30.2. The van der Waals surface area contributed by atoms with E-state index in [9.17, 15) is 8.42 Å². The molecule has 0 bridgehead atoms. The molecular weight excluding hydrogens is 336 g/mol. The summed E-state index contributed by atoms with van der Waals surface area (Å²) in [6.45, 7) is 7.91. The zero-order valence-electron chi connectivity index (χ0n) is 15.2. The summed E-state index contributed by atoms with van der Waals surface area (Å²) in [6, 6.07) is 12.6. The van der Waals surface area contributed by atoms with Crippen LogP contribution in [0.25, 0.3) is 0 Å². The standard InChI is InChI=1S/C19H24N2O3S/c1-14-6-9-16(19(2,3)4)12-18(14)25(22,23)21-20-13-15-7-10-17(24-5)11-8-15/h6-13,21H,1-5H3/b20-13+. The molecule has 1 N–H and O–H groups in total. The van der Waals surface area contributed by atoms with E-state index < -0.39 is 10.0 Å². The highest BCUT2D eigenvalue weighted by Crippen LogP contribution is 2.26. The fourth-order valence-corrected chi connectivity index (χ4v) is 3.33. The first-order valence-electron chi connectivity index (χ1n) is 7.93. The van der Waals surface area contributed by atoms with Gasteiger partial charge in [-0.3, -0.25) is 0 Å². The van der Waals surface area contributed by atoms with Crippen LogP contribution in [0.5, 0.6) is 5.75 Å². The summed E-state index contributed by atoms with van der Waals surface area (Å²) in [4.78, 5) is 2.52. The molecule has 6 heteroatoms. The molecule has 2 rings (SSSR count). The van der Waals surface area contributed by atoms with Gasteiger partial charge >= 0.3 is 0 Å². The van der Waals surface area contributed by atoms with Crippen molar-refractivity contribution in [2.75, 3.05) is 7.11 Å². The number of nitrogens with zero attached hydrogens (tertiary/aromatic N) is 1. The molecule has 25 heavy (non-hydrogen) atoms. The number of sulfonamides is 1. The summed E-state index contributed by atoms with van der Waals surface area (Å²) >= 11 is 0. The topological polar surface area (TPSA) is 67.8 Å². The largest absolute Gasteiger partial charge is 0.497 e. The lowest BCUT2D eigenvalue weighted by atomic mass is 9.87. The summed E-state index contributed by atoms with van der Waals surface area (Å²) in [5, 5.41) is 3.87. The van der Waals surface area contributed by atoms with Crippen LogP contribution in [0.1, 0.15) is 37.5 Å². The van der Waals surface area contributed by atoms with Gasteiger partial charge in [-0.1, -0.05) is 32.9 Å². The molecular formula is C19H24N2O3S. The number of rotatable bonds is 5. The van der Waals surface area contributed by atoms with E-state index in [4.69, 9.17) is 4.74 Å². The minimum atomic E-state index is -3.73. The Morgan fingerprint density at radius 3 is 2.28 bits per heavy atom. The maximum Gasteiger partial charge on any atom is 0.276 e. The molecule has 2 aromatic carbocycles. The lowest BCUT2D eigenvalue weighted by molar-refractivity contribution is 0.415. The van der Waals surface area contributed by atoms with Crippen molar-refractivity contribution in [1.29, 1.82) is 0 Å². The van der Waals surface area contributed by atoms with Gasteiger partial charge in [-0.25, -0.2) is 4.83 Å². The van der Waals surface area contributed by atoms with Crippen LogP contribution in [0.3, 0.4) is 0 Å². The Balaban J connectivity index is 2.22. The Labute approximate surface area is 149 Å². The van der Waals surface area contributed by atoms with Gasteiger partial charge in [-0.05, 0) is 59.4 Å². The van der Waals surface area contributed by atoms with Crippen molar-refractivity contribution in [2.24, 2.45) is 5.10 Å². The fourth-order valence-electron chi connectivity index (χ4n) is 2.27. The van der Waals surface area contributed by atoms with E-state index in [2.05, 4.69) is 9.93 Å². The molecule has 0 amide bonds. The van der Waals surface area contributed by atoms with Gasteiger partial charge in [0.15, 0.2) is 0 Å². The molecule has 0 fully saturated rings. The third-order valence-electron chi connectivity index (χ3n) is 3.85. The van der Waals surface area contributed by atoms with E-state index in [-0.39, 0.29) is 10.3 Å². The number of benzene rings is 2. The summed E-state index contributed by atoms with van der Waals surface area (Å²) in [7, 11) is -2.14. The maximum absolute atomic E-state index is 12.6. The number of nitrogens with one attached hydrogen (secondary N) is 1. The van der Waals surface area contributed by atoms with Gasteiger partial charge in [-0.15, -0.1) is 0 Å². The minimum Gasteiger partial charge on any atom is -0.497 e. The van der Waals surface area contributed by atoms with Crippen molar-refractivity contribution < 1.29 is 13.2 Å². The average Bonchev–Trinajstić information content (AvgIpc) is 2.54. The number of aryl methyl sites for hydroxylation is 1. The second-order valence-electron chi connectivity index (χ2n) is 6.86. The summed E-state index contributed by atoms with van der Waals surface area (Å²) in [6.07, 6.45) is 1.46. The monoisotopic (exact) mass is 360 g/mol. The number of ether oxygens (including phenoxy) is 1. The van der Waals surface area contributed by atoms with E-state index in [1.54, 1.807) is 44.4 Å². The summed E-state index contributed by atoms with van der Waals surface area (Å²) in [5.41, 5.74) is 2.27. The van der Waals surface area contributed by atoms with E-state index in [0.29, 0.717) is 5.56 Å². The lowest BCUT2D eigenvalue weighted by Gasteiger charge is -2.20. The quantitative estimate of drug-likeness (QED) is 0.654. The fraction of sp³-hybridized carbons (Fsp3) is 0.316. The Hall–Kier alpha value is -2.34. The number of hydrazone groups is 1. The second kappa shape index (κ2) is 7.27. The average molecular weight is 360 g/mol. The van der Waals surface area contributed by atoms with Gasteiger partial charge < -0.3 is 4.74 Å².